The first-order chi connectivity index (χ1) is 13.9. The Morgan fingerprint density at radius 2 is 1.86 bits per heavy atom. The largest absolute Gasteiger partial charge is 0.461 e. The number of esters is 1. The number of hydrazone groups is 1. The summed E-state index contributed by atoms with van der Waals surface area (Å²) < 4.78 is 5.86. The van der Waals surface area contributed by atoms with Gasteiger partial charge in [0.2, 0.25) is 5.91 Å². The molecule has 7 heteroatoms. The molecule has 1 N–H and O–H groups in total. The highest BCUT2D eigenvalue weighted by atomic mass is 79.9. The highest BCUT2D eigenvalue weighted by molar-refractivity contribution is 9.10. The first-order valence-electron chi connectivity index (χ1n) is 9.54. The molecular weight excluding hydrogens is 436 g/mol. The van der Waals surface area contributed by atoms with Crippen LogP contribution in [-0.2, 0) is 26.5 Å². The van der Waals surface area contributed by atoms with Gasteiger partial charge in [-0.1, -0.05) is 58.4 Å². The Kier molecular flexibility index (Phi) is 6.82. The quantitative estimate of drug-likeness (QED) is 0.640. The van der Waals surface area contributed by atoms with Crippen molar-refractivity contribution in [3.05, 3.63) is 70.2 Å². The minimum atomic E-state index is -1.72. The third-order valence-corrected chi connectivity index (χ3v) is 5.27. The summed E-state index contributed by atoms with van der Waals surface area (Å²) in [6.45, 7) is 1.89. The summed E-state index contributed by atoms with van der Waals surface area (Å²) in [7, 11) is 0. The number of aliphatic hydroxyl groups is 1. The van der Waals surface area contributed by atoms with Crippen LogP contribution >= 0.6 is 15.9 Å². The first-order valence-corrected chi connectivity index (χ1v) is 10.3. The Morgan fingerprint density at radius 1 is 1.17 bits per heavy atom. The van der Waals surface area contributed by atoms with Gasteiger partial charge in [0.1, 0.15) is 0 Å². The van der Waals surface area contributed by atoms with E-state index in [1.54, 1.807) is 31.2 Å². The summed E-state index contributed by atoms with van der Waals surface area (Å²) >= 11 is 3.36. The number of benzene rings is 2. The molecule has 29 heavy (non-hydrogen) atoms. The van der Waals surface area contributed by atoms with Gasteiger partial charge in [-0.25, -0.2) is 4.79 Å². The molecule has 152 valence electrons. The van der Waals surface area contributed by atoms with Gasteiger partial charge in [0.05, 0.1) is 13.0 Å². The van der Waals surface area contributed by atoms with E-state index in [2.05, 4.69) is 21.0 Å². The third kappa shape index (κ3) is 4.92. The van der Waals surface area contributed by atoms with Crippen LogP contribution in [0.3, 0.4) is 0 Å². The minimum Gasteiger partial charge on any atom is -0.461 e. The van der Waals surface area contributed by atoms with Crippen molar-refractivity contribution >= 4 is 33.5 Å². The fourth-order valence-corrected chi connectivity index (χ4v) is 3.54. The van der Waals surface area contributed by atoms with E-state index in [9.17, 15) is 14.7 Å². The van der Waals surface area contributed by atoms with Crippen LogP contribution < -0.4 is 0 Å². The zero-order valence-electron chi connectivity index (χ0n) is 16.2. The normalized spacial score (nSPS) is 18.4. The molecule has 0 radical (unpaired) electrons. The van der Waals surface area contributed by atoms with Crippen LogP contribution in [0, 0.1) is 0 Å². The molecule has 0 spiro atoms. The Hall–Kier alpha value is -2.51. The van der Waals surface area contributed by atoms with Crippen LogP contribution in [0.2, 0.25) is 0 Å². The van der Waals surface area contributed by atoms with E-state index in [1.165, 1.54) is 0 Å². The van der Waals surface area contributed by atoms with Gasteiger partial charge < -0.3 is 9.84 Å². The summed E-state index contributed by atoms with van der Waals surface area (Å²) in [4.78, 5) is 25.1. The van der Waals surface area contributed by atoms with Crippen molar-refractivity contribution in [3.63, 3.8) is 0 Å². The second-order valence-electron chi connectivity index (χ2n) is 6.81. The number of carbonyl (C=O) groups is 2. The van der Waals surface area contributed by atoms with E-state index in [1.807, 2.05) is 30.3 Å². The van der Waals surface area contributed by atoms with Gasteiger partial charge in [-0.15, -0.1) is 0 Å². The van der Waals surface area contributed by atoms with Crippen molar-refractivity contribution < 1.29 is 19.4 Å². The lowest BCUT2D eigenvalue weighted by molar-refractivity contribution is -0.158. The van der Waals surface area contributed by atoms with E-state index >= 15 is 0 Å². The van der Waals surface area contributed by atoms with Gasteiger partial charge in [0.15, 0.2) is 11.4 Å². The highest BCUT2D eigenvalue weighted by Gasteiger charge is 2.47. The zero-order valence-corrected chi connectivity index (χ0v) is 17.8. The minimum absolute atomic E-state index is 0.0358. The highest BCUT2D eigenvalue weighted by Crippen LogP contribution is 2.36. The molecule has 3 rings (SSSR count). The monoisotopic (exact) mass is 458 g/mol. The summed E-state index contributed by atoms with van der Waals surface area (Å²) in [5.74, 6) is -0.965. The van der Waals surface area contributed by atoms with Crippen LogP contribution in [0.4, 0.5) is 0 Å². The third-order valence-electron chi connectivity index (χ3n) is 4.74. The number of rotatable bonds is 7. The molecule has 0 aromatic heterocycles. The van der Waals surface area contributed by atoms with Crippen molar-refractivity contribution in [2.24, 2.45) is 5.10 Å². The zero-order chi connectivity index (χ0) is 20.9. The fraction of sp³-hybridized carbons (Fsp3) is 0.318. The van der Waals surface area contributed by atoms with E-state index < -0.39 is 11.7 Å². The van der Waals surface area contributed by atoms with Gasteiger partial charge in [-0.3, -0.25) is 4.79 Å². The maximum Gasteiger partial charge on any atom is 0.354 e. The second-order valence-corrected chi connectivity index (χ2v) is 7.73. The van der Waals surface area contributed by atoms with Crippen molar-refractivity contribution in [1.29, 1.82) is 0 Å². The molecule has 0 saturated heterocycles. The van der Waals surface area contributed by atoms with Gasteiger partial charge in [0.25, 0.3) is 0 Å². The first kappa shape index (κ1) is 21.2. The van der Waals surface area contributed by atoms with E-state index in [0.29, 0.717) is 12.0 Å². The molecule has 0 unspecified atom stereocenters. The molecule has 1 heterocycles. The lowest BCUT2D eigenvalue weighted by Gasteiger charge is -2.31. The standard InChI is InChI=1S/C22H23BrN2O4/c1-2-29-21(27)19-15-22(28,17-11-13-18(23)14-12-17)25(24-19)20(26)10-6-9-16-7-4-3-5-8-16/h3-5,7-8,11-14,28H,2,6,9-10,15H2,1H3/t22-/m1/s1. The van der Waals surface area contributed by atoms with Gasteiger partial charge in [-0.2, -0.15) is 10.1 Å². The van der Waals surface area contributed by atoms with Crippen molar-refractivity contribution in [2.45, 2.75) is 38.3 Å². The topological polar surface area (TPSA) is 79.2 Å². The Labute approximate surface area is 178 Å². The summed E-state index contributed by atoms with van der Waals surface area (Å²) in [6.07, 6.45) is 1.44. The molecule has 0 fully saturated rings. The number of halogens is 1. The van der Waals surface area contributed by atoms with E-state index in [-0.39, 0.29) is 31.1 Å². The molecule has 0 bridgehead atoms. The van der Waals surface area contributed by atoms with Crippen LogP contribution in [0.5, 0.6) is 0 Å². The molecule has 1 atom stereocenters. The molecule has 1 aliphatic heterocycles. The molecule has 0 aliphatic carbocycles. The van der Waals surface area contributed by atoms with Crippen LogP contribution in [-0.4, -0.2) is 34.3 Å². The SMILES string of the molecule is CCOC(=O)C1=NN(C(=O)CCCc2ccccc2)[C@](O)(c2ccc(Br)cc2)C1. The summed E-state index contributed by atoms with van der Waals surface area (Å²) in [6, 6.07) is 16.8. The van der Waals surface area contributed by atoms with E-state index in [4.69, 9.17) is 4.74 Å². The molecule has 2 aromatic rings. The van der Waals surface area contributed by atoms with Crippen LogP contribution in [0.15, 0.2) is 64.2 Å². The van der Waals surface area contributed by atoms with Crippen molar-refractivity contribution in [1.82, 2.24) is 5.01 Å². The molecule has 6 nitrogen and oxygen atoms in total. The number of hydrogen-bond acceptors (Lipinski definition) is 5. The molecule has 1 aliphatic rings. The van der Waals surface area contributed by atoms with E-state index in [0.717, 1.165) is 21.5 Å². The fourth-order valence-electron chi connectivity index (χ4n) is 3.27. The average Bonchev–Trinajstić information content (AvgIpc) is 3.08. The Bertz CT molecular complexity index is 899. The predicted molar refractivity (Wildman–Crippen MR) is 113 cm³/mol. The van der Waals surface area contributed by atoms with Crippen molar-refractivity contribution in [2.75, 3.05) is 6.61 Å². The molecular formula is C22H23BrN2O4. The molecule has 1 amide bonds. The van der Waals surface area contributed by atoms with Gasteiger partial charge >= 0.3 is 5.97 Å². The summed E-state index contributed by atoms with van der Waals surface area (Å²) in [5, 5.41) is 16.5. The number of hydrogen-bond donors (Lipinski definition) is 1. The maximum atomic E-state index is 12.9. The van der Waals surface area contributed by atoms with Crippen LogP contribution in [0.25, 0.3) is 0 Å². The average molecular weight is 459 g/mol. The predicted octanol–water partition coefficient (Wildman–Crippen LogP) is 3.77. The maximum absolute atomic E-state index is 12.9. The number of ether oxygens (including phenoxy) is 1. The van der Waals surface area contributed by atoms with Crippen LogP contribution in [0.1, 0.15) is 37.3 Å². The lowest BCUT2D eigenvalue weighted by Crippen LogP contribution is -2.43. The number of carbonyl (C=O) groups excluding carboxylic acids is 2. The number of nitrogens with zero attached hydrogens (tertiary/aromatic N) is 2. The Morgan fingerprint density at radius 3 is 2.52 bits per heavy atom. The molecule has 0 saturated carbocycles. The lowest BCUT2D eigenvalue weighted by atomic mass is 9.97. The number of aryl methyl sites for hydroxylation is 1. The van der Waals surface area contributed by atoms with Gasteiger partial charge in [0, 0.05) is 16.5 Å². The second kappa shape index (κ2) is 9.33. The van der Waals surface area contributed by atoms with Crippen molar-refractivity contribution in [3.8, 4) is 0 Å². The number of amides is 1. The summed E-state index contributed by atoms with van der Waals surface area (Å²) in [5.41, 5.74) is -0.0541. The molecule has 2 aromatic carbocycles. The van der Waals surface area contributed by atoms with Gasteiger partial charge in [-0.05, 0) is 37.5 Å². The smallest absolute Gasteiger partial charge is 0.354 e. The Balaban J connectivity index is 1.78.